The predicted molar refractivity (Wildman–Crippen MR) is 101 cm³/mol. The van der Waals surface area contributed by atoms with E-state index in [4.69, 9.17) is 9.47 Å². The lowest BCUT2D eigenvalue weighted by Crippen LogP contribution is -2.15. The van der Waals surface area contributed by atoms with Crippen LogP contribution < -0.4 is 15.0 Å². The molecule has 7 nitrogen and oxygen atoms in total. The van der Waals surface area contributed by atoms with Crippen LogP contribution in [0.4, 0.5) is 5.69 Å². The van der Waals surface area contributed by atoms with E-state index in [0.717, 1.165) is 38.5 Å². The Bertz CT molecular complexity index is 800. The molecule has 0 bridgehead atoms. The number of unbranched alkanes of at least 4 members (excludes halogenated alkanes) is 4. The third kappa shape index (κ3) is 4.97. The van der Waals surface area contributed by atoms with Gasteiger partial charge in [-0.05, 0) is 18.9 Å². The summed E-state index contributed by atoms with van der Waals surface area (Å²) >= 11 is 0. The van der Waals surface area contributed by atoms with Gasteiger partial charge in [0.25, 0.3) is 11.2 Å². The molecule has 1 heterocycles. The lowest BCUT2D eigenvalue weighted by atomic mass is 10.1. The Morgan fingerprint density at radius 3 is 2.38 bits per heavy atom. The van der Waals surface area contributed by atoms with Crippen molar-refractivity contribution >= 4 is 16.6 Å². The molecule has 0 aliphatic rings. The monoisotopic (exact) mass is 362 g/mol. The smallest absolute Gasteiger partial charge is 0.294 e. The Morgan fingerprint density at radius 2 is 1.69 bits per heavy atom. The molecular formula is C19H26N2O5. The Labute approximate surface area is 152 Å². The third-order valence-corrected chi connectivity index (χ3v) is 4.11. The highest BCUT2D eigenvalue weighted by Crippen LogP contribution is 2.33. The van der Waals surface area contributed by atoms with E-state index < -0.39 is 10.5 Å². The van der Waals surface area contributed by atoms with Crippen molar-refractivity contribution in [3.05, 3.63) is 38.7 Å². The lowest BCUT2D eigenvalue weighted by molar-refractivity contribution is -0.384. The summed E-state index contributed by atoms with van der Waals surface area (Å²) < 4.78 is 11.6. The van der Waals surface area contributed by atoms with Crippen LogP contribution in [0.15, 0.2) is 23.0 Å². The maximum Gasteiger partial charge on any atom is 0.294 e. The number of nitrogens with one attached hydrogen (secondary N) is 1. The highest BCUT2D eigenvalue weighted by molar-refractivity contribution is 5.88. The number of benzene rings is 1. The van der Waals surface area contributed by atoms with Crippen molar-refractivity contribution in [2.24, 2.45) is 0 Å². The van der Waals surface area contributed by atoms with Gasteiger partial charge in [0.1, 0.15) is 0 Å². The molecule has 0 unspecified atom stereocenters. The maximum absolute atomic E-state index is 12.5. The summed E-state index contributed by atoms with van der Waals surface area (Å²) in [6.07, 6.45) is 5.96. The Kier molecular flexibility index (Phi) is 7.44. The Morgan fingerprint density at radius 1 is 1.00 bits per heavy atom. The molecule has 2 aromatic rings. The van der Waals surface area contributed by atoms with Crippen LogP contribution >= 0.6 is 0 Å². The van der Waals surface area contributed by atoms with Crippen molar-refractivity contribution in [2.75, 3.05) is 13.2 Å². The fourth-order valence-electron chi connectivity index (χ4n) is 2.65. The minimum absolute atomic E-state index is 0.0825. The summed E-state index contributed by atoms with van der Waals surface area (Å²) in [6, 6.07) is 4.33. The summed E-state index contributed by atoms with van der Waals surface area (Å²) in [5, 5.41) is 11.6. The number of aromatic nitrogens is 1. The SMILES string of the molecule is CCCCCCOc1c(OCCCC)c2ccc([N+](=O)[O-])cc2[nH]c1=O. The zero-order valence-electron chi connectivity index (χ0n) is 15.4. The topological polar surface area (TPSA) is 94.5 Å². The van der Waals surface area contributed by atoms with E-state index in [1.165, 1.54) is 12.1 Å². The van der Waals surface area contributed by atoms with Gasteiger partial charge in [-0.1, -0.05) is 39.5 Å². The number of pyridine rings is 1. The molecule has 0 spiro atoms. The van der Waals surface area contributed by atoms with Crippen molar-refractivity contribution in [1.82, 2.24) is 4.98 Å². The molecule has 0 amide bonds. The maximum atomic E-state index is 12.5. The molecule has 0 fully saturated rings. The number of ether oxygens (including phenoxy) is 2. The van der Waals surface area contributed by atoms with Crippen molar-refractivity contribution in [2.45, 2.75) is 52.4 Å². The second kappa shape index (κ2) is 9.79. The molecular weight excluding hydrogens is 336 g/mol. The number of hydrogen-bond acceptors (Lipinski definition) is 5. The molecule has 142 valence electrons. The summed E-state index contributed by atoms with van der Waals surface area (Å²) in [5.74, 6) is 0.515. The van der Waals surface area contributed by atoms with E-state index in [1.54, 1.807) is 6.07 Å². The fraction of sp³-hybridized carbons (Fsp3) is 0.526. The van der Waals surface area contributed by atoms with E-state index in [-0.39, 0.29) is 11.4 Å². The minimum atomic E-state index is -0.493. The van der Waals surface area contributed by atoms with Crippen molar-refractivity contribution in [1.29, 1.82) is 0 Å². The van der Waals surface area contributed by atoms with Gasteiger partial charge in [-0.3, -0.25) is 14.9 Å². The van der Waals surface area contributed by atoms with Crippen LogP contribution in [0.3, 0.4) is 0 Å². The average molecular weight is 362 g/mol. The van der Waals surface area contributed by atoms with Gasteiger partial charge in [-0.2, -0.15) is 0 Å². The van der Waals surface area contributed by atoms with Gasteiger partial charge in [-0.15, -0.1) is 0 Å². The van der Waals surface area contributed by atoms with Gasteiger partial charge in [-0.25, -0.2) is 0 Å². The number of nitro groups is 1. The molecule has 0 saturated carbocycles. The van der Waals surface area contributed by atoms with Crippen LogP contribution in [0.25, 0.3) is 10.9 Å². The Balaban J connectivity index is 2.36. The number of hydrogen-bond donors (Lipinski definition) is 1. The summed E-state index contributed by atoms with van der Waals surface area (Å²) in [7, 11) is 0. The molecule has 1 N–H and O–H groups in total. The standard InChI is InChI=1S/C19H26N2O5/c1-3-5-7-8-12-26-18-17(25-11-6-4-2)15-10-9-14(21(23)24)13-16(15)20-19(18)22/h9-10,13H,3-8,11-12H2,1-2H3,(H,20,22). The first-order valence-electron chi connectivity index (χ1n) is 9.18. The number of H-pyrrole nitrogens is 1. The van der Waals surface area contributed by atoms with Gasteiger partial charge in [0.05, 0.1) is 23.7 Å². The van der Waals surface area contributed by atoms with Gasteiger partial charge >= 0.3 is 0 Å². The largest absolute Gasteiger partial charge is 0.489 e. The molecule has 0 saturated heterocycles. The number of fused-ring (bicyclic) bond motifs is 1. The summed E-state index contributed by atoms with van der Waals surface area (Å²) in [5.41, 5.74) is -0.144. The molecule has 0 radical (unpaired) electrons. The quantitative estimate of drug-likeness (QED) is 0.359. The fourth-order valence-corrected chi connectivity index (χ4v) is 2.65. The average Bonchev–Trinajstić information content (AvgIpc) is 2.62. The van der Waals surface area contributed by atoms with E-state index in [1.807, 2.05) is 6.92 Å². The lowest BCUT2D eigenvalue weighted by Gasteiger charge is -2.14. The van der Waals surface area contributed by atoms with Crippen LogP contribution in [-0.2, 0) is 0 Å². The van der Waals surface area contributed by atoms with Gasteiger partial charge in [0.15, 0.2) is 5.75 Å². The van der Waals surface area contributed by atoms with E-state index in [2.05, 4.69) is 11.9 Å². The van der Waals surface area contributed by atoms with E-state index in [0.29, 0.717) is 29.9 Å². The number of non-ortho nitro benzene ring substituents is 1. The first-order valence-corrected chi connectivity index (χ1v) is 9.18. The molecule has 2 rings (SSSR count). The van der Waals surface area contributed by atoms with E-state index >= 15 is 0 Å². The van der Waals surface area contributed by atoms with Crippen LogP contribution in [-0.4, -0.2) is 23.1 Å². The first kappa shape index (κ1) is 19.8. The number of aromatic amines is 1. The van der Waals surface area contributed by atoms with Gasteiger partial charge in [0, 0.05) is 17.5 Å². The van der Waals surface area contributed by atoms with Gasteiger partial charge in [0.2, 0.25) is 5.75 Å². The van der Waals surface area contributed by atoms with Crippen LogP contribution in [0.5, 0.6) is 11.5 Å². The molecule has 0 atom stereocenters. The summed E-state index contributed by atoms with van der Waals surface area (Å²) in [4.78, 5) is 25.6. The van der Waals surface area contributed by atoms with Crippen molar-refractivity contribution in [3.8, 4) is 11.5 Å². The molecule has 1 aromatic heterocycles. The van der Waals surface area contributed by atoms with Crippen molar-refractivity contribution < 1.29 is 14.4 Å². The normalized spacial score (nSPS) is 10.8. The number of rotatable bonds is 11. The minimum Gasteiger partial charge on any atom is -0.489 e. The Hall–Kier alpha value is -2.57. The number of nitrogens with zero attached hydrogens (tertiary/aromatic N) is 1. The molecule has 7 heteroatoms. The zero-order valence-corrected chi connectivity index (χ0v) is 15.4. The molecule has 1 aromatic carbocycles. The van der Waals surface area contributed by atoms with E-state index in [9.17, 15) is 14.9 Å². The van der Waals surface area contributed by atoms with Crippen LogP contribution in [0, 0.1) is 10.1 Å². The second-order valence-electron chi connectivity index (χ2n) is 6.21. The first-order chi connectivity index (χ1) is 12.6. The second-order valence-corrected chi connectivity index (χ2v) is 6.21. The van der Waals surface area contributed by atoms with Crippen LogP contribution in [0.1, 0.15) is 52.4 Å². The summed E-state index contributed by atoms with van der Waals surface area (Å²) in [6.45, 7) is 5.07. The highest BCUT2D eigenvalue weighted by atomic mass is 16.6. The molecule has 0 aliphatic heterocycles. The number of nitro benzene ring substituents is 1. The van der Waals surface area contributed by atoms with Crippen molar-refractivity contribution in [3.63, 3.8) is 0 Å². The third-order valence-electron chi connectivity index (χ3n) is 4.11. The van der Waals surface area contributed by atoms with Crippen LogP contribution in [0.2, 0.25) is 0 Å². The highest BCUT2D eigenvalue weighted by Gasteiger charge is 2.18. The molecule has 26 heavy (non-hydrogen) atoms. The van der Waals surface area contributed by atoms with Gasteiger partial charge < -0.3 is 14.5 Å². The predicted octanol–water partition coefficient (Wildman–Crippen LogP) is 4.57. The zero-order chi connectivity index (χ0) is 18.9. The molecule has 0 aliphatic carbocycles.